The van der Waals surface area contributed by atoms with E-state index in [0.717, 1.165) is 21.2 Å². The third-order valence-electron chi connectivity index (χ3n) is 2.66. The van der Waals surface area contributed by atoms with Gasteiger partial charge in [-0.3, -0.25) is 0 Å². The minimum atomic E-state index is 0.712. The van der Waals surface area contributed by atoms with Crippen molar-refractivity contribution in [2.75, 3.05) is 0 Å². The normalized spacial score (nSPS) is 10.1. The summed E-state index contributed by atoms with van der Waals surface area (Å²) in [5.74, 6) is 0.887. The molecule has 0 saturated carbocycles. The number of nitrogens with zero attached hydrogens (tertiary/aromatic N) is 1. The SMILES string of the molecule is Cc1cc(C#N)ccc1CSc1cccc(Cl)c1. The van der Waals surface area contributed by atoms with E-state index in [1.54, 1.807) is 11.8 Å². The number of aryl methyl sites for hydroxylation is 1. The second kappa shape index (κ2) is 5.95. The minimum Gasteiger partial charge on any atom is -0.192 e. The fraction of sp³-hybridized carbons (Fsp3) is 0.133. The summed E-state index contributed by atoms with van der Waals surface area (Å²) >= 11 is 7.70. The molecule has 0 N–H and O–H groups in total. The van der Waals surface area contributed by atoms with Crippen LogP contribution in [0.5, 0.6) is 0 Å². The van der Waals surface area contributed by atoms with Crippen molar-refractivity contribution in [1.82, 2.24) is 0 Å². The predicted molar refractivity (Wildman–Crippen MR) is 76.9 cm³/mol. The van der Waals surface area contributed by atoms with Crippen molar-refractivity contribution in [2.24, 2.45) is 0 Å². The third kappa shape index (κ3) is 3.29. The van der Waals surface area contributed by atoms with Gasteiger partial charge in [0.05, 0.1) is 11.6 Å². The third-order valence-corrected chi connectivity index (χ3v) is 3.94. The lowest BCUT2D eigenvalue weighted by atomic mass is 10.1. The molecule has 2 aromatic carbocycles. The summed E-state index contributed by atoms with van der Waals surface area (Å²) in [6.45, 7) is 2.04. The molecule has 3 heteroatoms. The van der Waals surface area contributed by atoms with Crippen LogP contribution in [0, 0.1) is 18.3 Å². The van der Waals surface area contributed by atoms with Gasteiger partial charge >= 0.3 is 0 Å². The molecule has 0 fully saturated rings. The molecule has 0 aliphatic rings. The first-order valence-corrected chi connectivity index (χ1v) is 6.93. The van der Waals surface area contributed by atoms with Crippen LogP contribution >= 0.6 is 23.4 Å². The molecule has 18 heavy (non-hydrogen) atoms. The molecule has 0 heterocycles. The molecule has 0 radical (unpaired) electrons. The van der Waals surface area contributed by atoms with Gasteiger partial charge in [0.1, 0.15) is 0 Å². The lowest BCUT2D eigenvalue weighted by Crippen LogP contribution is -1.88. The monoisotopic (exact) mass is 273 g/mol. The molecule has 0 amide bonds. The number of thioether (sulfide) groups is 1. The molecule has 0 unspecified atom stereocenters. The van der Waals surface area contributed by atoms with Gasteiger partial charge in [0, 0.05) is 15.7 Å². The summed E-state index contributed by atoms with van der Waals surface area (Å²) in [6, 6.07) is 15.8. The maximum atomic E-state index is 8.82. The van der Waals surface area contributed by atoms with Crippen molar-refractivity contribution in [3.05, 3.63) is 64.2 Å². The van der Waals surface area contributed by atoms with Gasteiger partial charge in [-0.1, -0.05) is 23.7 Å². The molecule has 0 aliphatic carbocycles. The summed E-state index contributed by atoms with van der Waals surface area (Å²) in [6.07, 6.45) is 0. The van der Waals surface area contributed by atoms with E-state index in [9.17, 15) is 0 Å². The van der Waals surface area contributed by atoms with Crippen LogP contribution in [0.4, 0.5) is 0 Å². The number of hydrogen-bond acceptors (Lipinski definition) is 2. The standard InChI is InChI=1S/C15H12ClNS/c1-11-7-12(9-17)5-6-13(11)10-18-15-4-2-3-14(16)8-15/h2-8H,10H2,1H3. The molecule has 0 atom stereocenters. The number of hydrogen-bond donors (Lipinski definition) is 0. The highest BCUT2D eigenvalue weighted by molar-refractivity contribution is 7.98. The average molecular weight is 274 g/mol. The number of nitriles is 1. The van der Waals surface area contributed by atoms with Gasteiger partial charge in [-0.05, 0) is 48.4 Å². The Morgan fingerprint density at radius 1 is 1.22 bits per heavy atom. The molecular formula is C15H12ClNS. The van der Waals surface area contributed by atoms with E-state index in [2.05, 4.69) is 12.1 Å². The van der Waals surface area contributed by atoms with Gasteiger partial charge in [-0.15, -0.1) is 11.8 Å². The van der Waals surface area contributed by atoms with E-state index in [1.165, 1.54) is 5.56 Å². The molecule has 0 bridgehead atoms. The van der Waals surface area contributed by atoms with Gasteiger partial charge in [0.25, 0.3) is 0 Å². The summed E-state index contributed by atoms with van der Waals surface area (Å²) in [7, 11) is 0. The summed E-state index contributed by atoms with van der Waals surface area (Å²) in [5, 5.41) is 9.58. The highest BCUT2D eigenvalue weighted by Crippen LogP contribution is 2.26. The van der Waals surface area contributed by atoms with Gasteiger partial charge < -0.3 is 0 Å². The largest absolute Gasteiger partial charge is 0.192 e. The van der Waals surface area contributed by atoms with Crippen molar-refractivity contribution in [3.63, 3.8) is 0 Å². The first kappa shape index (κ1) is 13.0. The topological polar surface area (TPSA) is 23.8 Å². The van der Waals surface area contributed by atoms with E-state index in [-0.39, 0.29) is 0 Å². The number of rotatable bonds is 3. The number of benzene rings is 2. The summed E-state index contributed by atoms with van der Waals surface area (Å²) in [5.41, 5.74) is 3.12. The second-order valence-corrected chi connectivity index (χ2v) is 5.48. The highest BCUT2D eigenvalue weighted by Gasteiger charge is 2.02. The molecule has 90 valence electrons. The molecule has 0 aliphatic heterocycles. The predicted octanol–water partition coefficient (Wildman–Crippen LogP) is 4.81. The van der Waals surface area contributed by atoms with E-state index < -0.39 is 0 Å². The Hall–Kier alpha value is -1.43. The molecule has 1 nitrogen and oxygen atoms in total. The number of halogens is 1. The average Bonchev–Trinajstić information content (AvgIpc) is 2.37. The van der Waals surface area contributed by atoms with Crippen LogP contribution < -0.4 is 0 Å². The van der Waals surface area contributed by atoms with E-state index in [0.29, 0.717) is 5.56 Å². The summed E-state index contributed by atoms with van der Waals surface area (Å²) in [4.78, 5) is 1.16. The zero-order chi connectivity index (χ0) is 13.0. The van der Waals surface area contributed by atoms with Crippen LogP contribution in [0.15, 0.2) is 47.4 Å². The van der Waals surface area contributed by atoms with Crippen molar-refractivity contribution in [3.8, 4) is 6.07 Å². The van der Waals surface area contributed by atoms with Gasteiger partial charge in [-0.2, -0.15) is 5.26 Å². The van der Waals surface area contributed by atoms with Crippen LogP contribution in [0.2, 0.25) is 5.02 Å². The fourth-order valence-corrected chi connectivity index (χ4v) is 2.93. The van der Waals surface area contributed by atoms with Gasteiger partial charge in [0.15, 0.2) is 0 Å². The maximum absolute atomic E-state index is 8.82. The molecule has 2 aromatic rings. The maximum Gasteiger partial charge on any atom is 0.0991 e. The molecule has 2 rings (SSSR count). The van der Waals surface area contributed by atoms with Crippen molar-refractivity contribution >= 4 is 23.4 Å². The zero-order valence-electron chi connectivity index (χ0n) is 9.98. The van der Waals surface area contributed by atoms with E-state index >= 15 is 0 Å². The van der Waals surface area contributed by atoms with Crippen LogP contribution in [-0.4, -0.2) is 0 Å². The van der Waals surface area contributed by atoms with Crippen molar-refractivity contribution in [1.29, 1.82) is 5.26 Å². The van der Waals surface area contributed by atoms with Gasteiger partial charge in [0.2, 0.25) is 0 Å². The zero-order valence-corrected chi connectivity index (χ0v) is 11.6. The van der Waals surface area contributed by atoms with Crippen molar-refractivity contribution < 1.29 is 0 Å². The van der Waals surface area contributed by atoms with E-state index in [1.807, 2.05) is 43.3 Å². The minimum absolute atomic E-state index is 0.712. The molecule has 0 aromatic heterocycles. The fourth-order valence-electron chi connectivity index (χ4n) is 1.65. The van der Waals surface area contributed by atoms with Crippen LogP contribution in [0.25, 0.3) is 0 Å². The van der Waals surface area contributed by atoms with Crippen LogP contribution in [0.1, 0.15) is 16.7 Å². The quantitative estimate of drug-likeness (QED) is 0.749. The summed E-state index contributed by atoms with van der Waals surface area (Å²) < 4.78 is 0. The van der Waals surface area contributed by atoms with Gasteiger partial charge in [-0.25, -0.2) is 0 Å². The Balaban J connectivity index is 2.09. The lowest BCUT2D eigenvalue weighted by Gasteiger charge is -2.06. The Morgan fingerprint density at radius 2 is 2.06 bits per heavy atom. The van der Waals surface area contributed by atoms with E-state index in [4.69, 9.17) is 16.9 Å². The Morgan fingerprint density at radius 3 is 2.72 bits per heavy atom. The first-order valence-electron chi connectivity index (χ1n) is 5.57. The Kier molecular flexibility index (Phi) is 4.30. The van der Waals surface area contributed by atoms with Crippen LogP contribution in [0.3, 0.4) is 0 Å². The lowest BCUT2D eigenvalue weighted by molar-refractivity contribution is 1.29. The Bertz CT molecular complexity index is 602. The Labute approximate surface area is 116 Å². The van der Waals surface area contributed by atoms with Crippen molar-refractivity contribution in [2.45, 2.75) is 17.6 Å². The highest BCUT2D eigenvalue weighted by atomic mass is 35.5. The first-order chi connectivity index (χ1) is 8.69. The van der Waals surface area contributed by atoms with Crippen LogP contribution in [-0.2, 0) is 5.75 Å². The molecule has 0 spiro atoms. The second-order valence-electron chi connectivity index (χ2n) is 4.00. The smallest absolute Gasteiger partial charge is 0.0991 e. The molecule has 0 saturated heterocycles. The molecular weight excluding hydrogens is 262 g/mol.